The number of hydrogen-bond acceptors (Lipinski definition) is 5. The minimum atomic E-state index is -0.288. The number of hydrogen-bond donors (Lipinski definition) is 2. The molecule has 2 N–H and O–H groups in total. The second kappa shape index (κ2) is 4.56. The van der Waals surface area contributed by atoms with Crippen LogP contribution in [-0.4, -0.2) is 35.9 Å². The fourth-order valence-electron chi connectivity index (χ4n) is 1.84. The first-order valence-electron chi connectivity index (χ1n) is 5.86. The first-order valence-corrected chi connectivity index (χ1v) is 5.86. The monoisotopic (exact) mass is 259 g/mol. The van der Waals surface area contributed by atoms with Gasteiger partial charge < -0.3 is 5.32 Å². The van der Waals surface area contributed by atoms with Crippen molar-refractivity contribution in [1.29, 1.82) is 0 Å². The zero-order valence-electron chi connectivity index (χ0n) is 10.4. The SMILES string of the molecule is Cn1cc(CCNc2cc3n[nH]c(=O)n3cn2)cn1. The molecule has 0 aliphatic carbocycles. The predicted octanol–water partition coefficient (Wildman–Crippen LogP) is -0.194. The van der Waals surface area contributed by atoms with Gasteiger partial charge in [-0.15, -0.1) is 0 Å². The van der Waals surface area contributed by atoms with Crippen molar-refractivity contribution in [1.82, 2.24) is 29.4 Å². The van der Waals surface area contributed by atoms with Gasteiger partial charge in [-0.1, -0.05) is 0 Å². The number of fused-ring (bicyclic) bond motifs is 1. The Balaban J connectivity index is 1.66. The van der Waals surface area contributed by atoms with Crippen LogP contribution in [0.4, 0.5) is 5.82 Å². The van der Waals surface area contributed by atoms with Gasteiger partial charge in [0.15, 0.2) is 5.65 Å². The molecule has 0 aliphatic heterocycles. The Morgan fingerprint density at radius 2 is 2.37 bits per heavy atom. The number of anilines is 1. The van der Waals surface area contributed by atoms with E-state index in [2.05, 4.69) is 25.6 Å². The van der Waals surface area contributed by atoms with Crippen LogP contribution in [0.2, 0.25) is 0 Å². The Kier molecular flexibility index (Phi) is 2.75. The Morgan fingerprint density at radius 1 is 1.47 bits per heavy atom. The molecule has 19 heavy (non-hydrogen) atoms. The molecule has 0 atom stereocenters. The van der Waals surface area contributed by atoms with E-state index in [0.29, 0.717) is 11.5 Å². The van der Waals surface area contributed by atoms with E-state index in [1.807, 2.05) is 19.4 Å². The highest BCUT2D eigenvalue weighted by Crippen LogP contribution is 2.05. The zero-order chi connectivity index (χ0) is 13.2. The fourth-order valence-corrected chi connectivity index (χ4v) is 1.84. The van der Waals surface area contributed by atoms with Crippen LogP contribution in [0, 0.1) is 0 Å². The average Bonchev–Trinajstić information content (AvgIpc) is 2.97. The highest BCUT2D eigenvalue weighted by molar-refractivity contribution is 5.48. The molecule has 8 heteroatoms. The zero-order valence-corrected chi connectivity index (χ0v) is 10.4. The lowest BCUT2D eigenvalue weighted by Gasteiger charge is -2.03. The molecule has 0 amide bonds. The molecular formula is C11H13N7O. The number of nitrogens with zero attached hydrogens (tertiary/aromatic N) is 5. The number of H-pyrrole nitrogens is 1. The molecule has 3 rings (SSSR count). The van der Waals surface area contributed by atoms with E-state index in [0.717, 1.165) is 18.5 Å². The molecule has 0 unspecified atom stereocenters. The van der Waals surface area contributed by atoms with Gasteiger partial charge in [0.05, 0.1) is 6.20 Å². The summed E-state index contributed by atoms with van der Waals surface area (Å²) in [5.74, 6) is 0.690. The number of aromatic amines is 1. The quantitative estimate of drug-likeness (QED) is 0.677. The summed E-state index contributed by atoms with van der Waals surface area (Å²) in [5, 5.41) is 13.5. The van der Waals surface area contributed by atoms with Gasteiger partial charge in [-0.2, -0.15) is 10.2 Å². The van der Waals surface area contributed by atoms with Gasteiger partial charge in [0, 0.05) is 25.9 Å². The molecule has 0 aliphatic rings. The standard InChI is InChI=1S/C11H13N7O/c1-17-6-8(5-14-17)2-3-12-9-4-10-15-16-11(19)18(10)7-13-9/h4-7,12H,2-3H2,1H3,(H,16,19). The molecule has 8 nitrogen and oxygen atoms in total. The highest BCUT2D eigenvalue weighted by atomic mass is 16.1. The Hall–Kier alpha value is -2.64. The van der Waals surface area contributed by atoms with Gasteiger partial charge in [-0.3, -0.25) is 4.68 Å². The normalized spacial score (nSPS) is 11.0. The number of nitrogens with one attached hydrogen (secondary N) is 2. The van der Waals surface area contributed by atoms with Gasteiger partial charge in [0.25, 0.3) is 0 Å². The van der Waals surface area contributed by atoms with Gasteiger partial charge in [-0.05, 0) is 12.0 Å². The average molecular weight is 259 g/mol. The van der Waals surface area contributed by atoms with Crippen molar-refractivity contribution in [3.63, 3.8) is 0 Å². The molecule has 0 radical (unpaired) electrons. The fraction of sp³-hybridized carbons (Fsp3) is 0.273. The van der Waals surface area contributed by atoms with E-state index in [9.17, 15) is 4.79 Å². The van der Waals surface area contributed by atoms with E-state index >= 15 is 0 Å². The summed E-state index contributed by atoms with van der Waals surface area (Å²) in [5.41, 5.74) is 1.42. The molecule has 0 saturated heterocycles. The summed E-state index contributed by atoms with van der Waals surface area (Å²) < 4.78 is 3.13. The third-order valence-electron chi connectivity index (χ3n) is 2.79. The smallest absolute Gasteiger partial charge is 0.348 e. The van der Waals surface area contributed by atoms with E-state index in [1.54, 1.807) is 10.7 Å². The molecule has 98 valence electrons. The summed E-state index contributed by atoms with van der Waals surface area (Å²) in [6.45, 7) is 0.740. The number of rotatable bonds is 4. The van der Waals surface area contributed by atoms with E-state index in [1.165, 1.54) is 10.7 Å². The van der Waals surface area contributed by atoms with Gasteiger partial charge in [0.2, 0.25) is 0 Å². The number of aromatic nitrogens is 6. The van der Waals surface area contributed by atoms with Crippen LogP contribution in [0.25, 0.3) is 5.65 Å². The topological polar surface area (TPSA) is 92.9 Å². The highest BCUT2D eigenvalue weighted by Gasteiger charge is 2.02. The van der Waals surface area contributed by atoms with E-state index < -0.39 is 0 Å². The third kappa shape index (κ3) is 2.32. The van der Waals surface area contributed by atoms with Gasteiger partial charge >= 0.3 is 5.69 Å². The summed E-state index contributed by atoms with van der Waals surface area (Å²) in [6.07, 6.45) is 6.12. The lowest BCUT2D eigenvalue weighted by atomic mass is 10.2. The summed E-state index contributed by atoms with van der Waals surface area (Å²) in [4.78, 5) is 15.4. The Morgan fingerprint density at radius 3 is 3.16 bits per heavy atom. The van der Waals surface area contributed by atoms with Crippen molar-refractivity contribution in [2.45, 2.75) is 6.42 Å². The predicted molar refractivity (Wildman–Crippen MR) is 69.0 cm³/mol. The summed E-state index contributed by atoms with van der Waals surface area (Å²) in [7, 11) is 1.89. The maximum atomic E-state index is 11.3. The number of aryl methyl sites for hydroxylation is 1. The van der Waals surface area contributed by atoms with Crippen LogP contribution >= 0.6 is 0 Å². The second-order valence-electron chi connectivity index (χ2n) is 4.23. The van der Waals surface area contributed by atoms with Gasteiger partial charge in [-0.25, -0.2) is 19.3 Å². The summed E-state index contributed by atoms with van der Waals surface area (Å²) >= 11 is 0. The molecule has 0 saturated carbocycles. The summed E-state index contributed by atoms with van der Waals surface area (Å²) in [6, 6.07) is 1.72. The van der Waals surface area contributed by atoms with Crippen LogP contribution in [0.15, 0.2) is 29.6 Å². The van der Waals surface area contributed by atoms with Crippen LogP contribution in [-0.2, 0) is 13.5 Å². The van der Waals surface area contributed by atoms with Crippen molar-refractivity contribution in [2.75, 3.05) is 11.9 Å². The lowest BCUT2D eigenvalue weighted by Crippen LogP contribution is -2.11. The molecule has 0 aromatic carbocycles. The van der Waals surface area contributed by atoms with Crippen molar-refractivity contribution in [3.05, 3.63) is 40.8 Å². The molecule has 3 aromatic heterocycles. The lowest BCUT2D eigenvalue weighted by molar-refractivity contribution is 0.767. The maximum absolute atomic E-state index is 11.3. The first-order chi connectivity index (χ1) is 9.22. The van der Waals surface area contributed by atoms with Crippen molar-refractivity contribution >= 4 is 11.5 Å². The van der Waals surface area contributed by atoms with Crippen LogP contribution in [0.3, 0.4) is 0 Å². The minimum Gasteiger partial charge on any atom is -0.370 e. The molecular weight excluding hydrogens is 246 g/mol. The molecule has 0 bridgehead atoms. The van der Waals surface area contributed by atoms with Crippen molar-refractivity contribution in [3.8, 4) is 0 Å². The van der Waals surface area contributed by atoms with Crippen molar-refractivity contribution < 1.29 is 0 Å². The Labute approximate surface area is 108 Å². The third-order valence-corrected chi connectivity index (χ3v) is 2.79. The molecule has 3 heterocycles. The first kappa shape index (κ1) is 11.5. The largest absolute Gasteiger partial charge is 0.370 e. The van der Waals surface area contributed by atoms with E-state index in [4.69, 9.17) is 0 Å². The van der Waals surface area contributed by atoms with Gasteiger partial charge in [0.1, 0.15) is 12.1 Å². The van der Waals surface area contributed by atoms with Crippen LogP contribution in [0.1, 0.15) is 5.56 Å². The minimum absolute atomic E-state index is 0.288. The van der Waals surface area contributed by atoms with Crippen LogP contribution in [0.5, 0.6) is 0 Å². The second-order valence-corrected chi connectivity index (χ2v) is 4.23. The van der Waals surface area contributed by atoms with Crippen LogP contribution < -0.4 is 11.0 Å². The molecule has 0 spiro atoms. The van der Waals surface area contributed by atoms with Crippen molar-refractivity contribution in [2.24, 2.45) is 7.05 Å². The molecule has 0 fully saturated rings. The molecule has 3 aromatic rings. The van der Waals surface area contributed by atoms with E-state index in [-0.39, 0.29) is 5.69 Å². The Bertz CT molecular complexity index is 754. The maximum Gasteiger partial charge on any atom is 0.348 e.